The van der Waals surface area contributed by atoms with E-state index in [1.54, 1.807) is 11.1 Å². The summed E-state index contributed by atoms with van der Waals surface area (Å²) in [7, 11) is 0. The molecule has 0 heterocycles. The van der Waals surface area contributed by atoms with Crippen molar-refractivity contribution in [2.75, 3.05) is 0 Å². The van der Waals surface area contributed by atoms with E-state index in [1.165, 1.54) is 22.3 Å². The number of rotatable bonds is 3. The molecule has 24 heavy (non-hydrogen) atoms. The molecule has 0 saturated carbocycles. The van der Waals surface area contributed by atoms with E-state index >= 15 is 0 Å². The Balaban J connectivity index is 0.00000104. The van der Waals surface area contributed by atoms with Crippen LogP contribution < -0.4 is 24.8 Å². The first-order valence-electron chi connectivity index (χ1n) is 8.10. The van der Waals surface area contributed by atoms with Crippen LogP contribution in [-0.2, 0) is 22.9 Å². The van der Waals surface area contributed by atoms with E-state index in [9.17, 15) is 0 Å². The molecule has 0 aliphatic heterocycles. The van der Waals surface area contributed by atoms with Gasteiger partial charge in [0.25, 0.3) is 0 Å². The van der Waals surface area contributed by atoms with Crippen molar-refractivity contribution in [1.82, 2.24) is 0 Å². The van der Waals surface area contributed by atoms with Crippen LogP contribution in [-0.4, -0.2) is 0 Å². The third kappa shape index (κ3) is 3.36. The topological polar surface area (TPSA) is 0 Å². The average Bonchev–Trinajstić information content (AvgIpc) is 3.15. The Morgan fingerprint density at radius 2 is 1.62 bits per heavy atom. The molecule has 0 bridgehead atoms. The zero-order valence-electron chi connectivity index (χ0n) is 13.9. The molecule has 0 N–H and O–H groups in total. The van der Waals surface area contributed by atoms with Gasteiger partial charge in [-0.15, -0.1) is 0 Å². The molecule has 0 amide bonds. The first-order chi connectivity index (χ1) is 10.8. The largest absolute Gasteiger partial charge is 1.00 e. The quantitative estimate of drug-likeness (QED) is 0.500. The molecule has 0 spiro atoms. The van der Waals surface area contributed by atoms with Crippen molar-refractivity contribution in [3.63, 3.8) is 0 Å². The molecule has 4 rings (SSSR count). The molecule has 2 aliphatic rings. The normalized spacial score (nSPS) is 16.6. The molecule has 3 heteroatoms. The van der Waals surface area contributed by atoms with Gasteiger partial charge in [-0.3, -0.25) is 0 Å². The molecule has 1 unspecified atom stereocenters. The Hall–Kier alpha value is -0.630. The summed E-state index contributed by atoms with van der Waals surface area (Å²) < 4.78 is 1.64. The number of benzene rings is 2. The van der Waals surface area contributed by atoms with E-state index in [1.807, 2.05) is 0 Å². The molecule has 0 aromatic heterocycles. The molecular weight excluding hydrogens is 502 g/mol. The van der Waals surface area contributed by atoms with E-state index in [0.717, 1.165) is 13.8 Å². The summed E-state index contributed by atoms with van der Waals surface area (Å²) >= 11 is -0.757. The Bertz CT molecular complexity index is 790. The van der Waals surface area contributed by atoms with Crippen LogP contribution in [0.2, 0.25) is 3.67 Å². The van der Waals surface area contributed by atoms with Crippen LogP contribution in [0.4, 0.5) is 0 Å². The summed E-state index contributed by atoms with van der Waals surface area (Å²) in [5.41, 5.74) is 9.26. The average molecular weight is 522 g/mol. The first kappa shape index (κ1) is 19.7. The number of hydrogen-bond donors (Lipinski definition) is 0. The van der Waals surface area contributed by atoms with E-state index in [-0.39, 0.29) is 24.8 Å². The van der Waals surface area contributed by atoms with Crippen LogP contribution in [0.25, 0.3) is 16.7 Å². The molecule has 0 fully saturated rings. The molecule has 2 aliphatic carbocycles. The fourth-order valence-electron chi connectivity index (χ4n) is 3.69. The van der Waals surface area contributed by atoms with E-state index in [4.69, 9.17) is 0 Å². The maximum Gasteiger partial charge on any atom is -1.00 e. The number of hydrogen-bond acceptors (Lipinski definition) is 0. The van der Waals surface area contributed by atoms with E-state index in [2.05, 4.69) is 74.5 Å². The van der Waals surface area contributed by atoms with Gasteiger partial charge in [-0.25, -0.2) is 0 Å². The molecule has 1 atom stereocenters. The predicted molar refractivity (Wildman–Crippen MR) is 90.6 cm³/mol. The predicted octanol–water partition coefficient (Wildman–Crippen LogP) is 0.0185. The van der Waals surface area contributed by atoms with Crippen LogP contribution in [0.15, 0.2) is 60.7 Å². The van der Waals surface area contributed by atoms with E-state index in [0.29, 0.717) is 0 Å². The number of halogens is 2. The summed E-state index contributed by atoms with van der Waals surface area (Å²) in [5, 5.41) is 0. The fourth-order valence-corrected chi connectivity index (χ4v) is 9.35. The molecule has 2 aromatic carbocycles. The van der Waals surface area contributed by atoms with Crippen molar-refractivity contribution in [3.05, 3.63) is 77.4 Å². The third-order valence-electron chi connectivity index (χ3n) is 4.57. The van der Waals surface area contributed by atoms with Crippen molar-refractivity contribution in [2.45, 2.75) is 27.6 Å². The van der Waals surface area contributed by atoms with Crippen LogP contribution in [0.3, 0.4) is 0 Å². The Kier molecular flexibility index (Phi) is 6.70. The smallest absolute Gasteiger partial charge is 1.00 e. The van der Waals surface area contributed by atoms with Gasteiger partial charge in [-0.2, -0.15) is 0 Å². The second-order valence-corrected chi connectivity index (χ2v) is 13.9. The monoisotopic (exact) mass is 522 g/mol. The molecule has 0 nitrogen and oxygen atoms in total. The minimum Gasteiger partial charge on any atom is -1.00 e. The summed E-state index contributed by atoms with van der Waals surface area (Å²) in [5.74, 6) is 0. The zero-order valence-corrected chi connectivity index (χ0v) is 19.0. The van der Waals surface area contributed by atoms with Crippen molar-refractivity contribution < 1.29 is 47.7 Å². The minimum absolute atomic E-state index is 0. The summed E-state index contributed by atoms with van der Waals surface area (Å²) in [6.45, 7) is 4.84. The van der Waals surface area contributed by atoms with Gasteiger partial charge < -0.3 is 24.8 Å². The summed E-state index contributed by atoms with van der Waals surface area (Å²) in [6, 6.07) is 16.0. The minimum atomic E-state index is -0.757. The van der Waals surface area contributed by atoms with Crippen molar-refractivity contribution in [1.29, 1.82) is 0 Å². The third-order valence-corrected chi connectivity index (χ3v) is 10.3. The molecular formula is C21H20Cl2Hf. The molecule has 0 radical (unpaired) electrons. The summed E-state index contributed by atoms with van der Waals surface area (Å²) in [6.07, 6.45) is 7.88. The molecule has 122 valence electrons. The van der Waals surface area contributed by atoms with Gasteiger partial charge in [0, 0.05) is 0 Å². The molecule has 0 saturated heterocycles. The summed E-state index contributed by atoms with van der Waals surface area (Å²) in [4.78, 5) is 0. The van der Waals surface area contributed by atoms with Crippen LogP contribution in [0, 0.1) is 0 Å². The SMILES string of the molecule is C[CH](C)[Hf+2][CH]1c2ccccc2-c2cccc(C3=CC=CC3)c21.[Cl-].[Cl-]. The fraction of sp³-hybridized carbons (Fsp3) is 0.238. The van der Waals surface area contributed by atoms with Gasteiger partial charge in [-0.05, 0) is 0 Å². The second-order valence-electron chi connectivity index (χ2n) is 6.43. The number of fused-ring (bicyclic) bond motifs is 3. The Morgan fingerprint density at radius 1 is 0.917 bits per heavy atom. The Morgan fingerprint density at radius 3 is 2.33 bits per heavy atom. The van der Waals surface area contributed by atoms with Crippen molar-refractivity contribution in [2.24, 2.45) is 0 Å². The van der Waals surface area contributed by atoms with E-state index < -0.39 is 22.9 Å². The van der Waals surface area contributed by atoms with Crippen molar-refractivity contribution >= 4 is 5.57 Å². The van der Waals surface area contributed by atoms with Crippen LogP contribution in [0.5, 0.6) is 0 Å². The standard InChI is InChI=1S/C18H13.C3H7.2ClH.Hf/c1-2-7-13(6-1)15-10-5-11-17-16-9-4-3-8-14(16)12-18(15)17;1-3-2;;;/h1-6,8-12H,7H2;3H,1-2H3;2*1H;/q;;;;+2/p-2. The van der Waals surface area contributed by atoms with Crippen molar-refractivity contribution in [3.8, 4) is 11.1 Å². The maximum absolute atomic E-state index is 2.42. The first-order valence-corrected chi connectivity index (χ1v) is 12.2. The van der Waals surface area contributed by atoms with Gasteiger partial charge in [0.15, 0.2) is 0 Å². The second kappa shape index (κ2) is 8.17. The van der Waals surface area contributed by atoms with Gasteiger partial charge in [0.05, 0.1) is 0 Å². The van der Waals surface area contributed by atoms with Gasteiger partial charge in [0.2, 0.25) is 0 Å². The zero-order chi connectivity index (χ0) is 15.1. The Labute approximate surface area is 168 Å². The van der Waals surface area contributed by atoms with Crippen LogP contribution in [0.1, 0.15) is 40.6 Å². The maximum atomic E-state index is 2.42. The van der Waals surface area contributed by atoms with Gasteiger partial charge in [-0.1, -0.05) is 0 Å². The molecule has 2 aromatic rings. The van der Waals surface area contributed by atoms with Crippen LogP contribution >= 0.6 is 0 Å². The van der Waals surface area contributed by atoms with Gasteiger partial charge >= 0.3 is 145 Å². The van der Waals surface area contributed by atoms with Gasteiger partial charge in [0.1, 0.15) is 0 Å². The number of allylic oxidation sites excluding steroid dienone is 4.